The molecule has 68 valence electrons. The molecule has 2 aromatic heterocycles. The highest BCUT2D eigenvalue weighted by Crippen LogP contribution is 2.25. The monoisotopic (exact) mass is 174 g/mol. The van der Waals surface area contributed by atoms with Crippen molar-refractivity contribution in [3.63, 3.8) is 0 Å². The zero-order chi connectivity index (χ0) is 9.42. The van der Waals surface area contributed by atoms with Gasteiger partial charge in [0.05, 0.1) is 11.2 Å². The molecule has 0 fully saturated rings. The highest BCUT2D eigenvalue weighted by molar-refractivity contribution is 5.77. The van der Waals surface area contributed by atoms with Crippen molar-refractivity contribution in [3.8, 4) is 0 Å². The smallest absolute Gasteiger partial charge is 0.0688 e. The first kappa shape index (κ1) is 8.17. The molecule has 0 spiro atoms. The van der Waals surface area contributed by atoms with Gasteiger partial charge in [-0.3, -0.25) is 0 Å². The van der Waals surface area contributed by atoms with Crippen LogP contribution in [-0.4, -0.2) is 18.5 Å². The van der Waals surface area contributed by atoms with Gasteiger partial charge in [0.1, 0.15) is 0 Å². The van der Waals surface area contributed by atoms with E-state index >= 15 is 0 Å². The molecule has 0 radical (unpaired) electrons. The maximum atomic E-state index is 2.16. The van der Waals surface area contributed by atoms with Gasteiger partial charge in [-0.25, -0.2) is 0 Å². The van der Waals surface area contributed by atoms with Crippen molar-refractivity contribution < 1.29 is 0 Å². The number of fused-ring (bicyclic) bond motifs is 1. The summed E-state index contributed by atoms with van der Waals surface area (Å²) in [6.07, 6.45) is 4.24. The topological polar surface area (TPSA) is 7.65 Å². The minimum Gasteiger partial charge on any atom is -0.376 e. The van der Waals surface area contributed by atoms with E-state index < -0.39 is 0 Å². The molecule has 0 amide bonds. The van der Waals surface area contributed by atoms with Gasteiger partial charge in [0, 0.05) is 26.5 Å². The van der Waals surface area contributed by atoms with Gasteiger partial charge in [0.25, 0.3) is 0 Å². The molecule has 2 heterocycles. The van der Waals surface area contributed by atoms with Crippen molar-refractivity contribution >= 4 is 11.2 Å². The second kappa shape index (κ2) is 2.80. The average molecular weight is 174 g/mol. The molecule has 0 saturated carbocycles. The summed E-state index contributed by atoms with van der Waals surface area (Å²) in [5.74, 6) is 0. The standard InChI is InChI=1S/C11H14N2/c1-9-8-13-7-5-4-6-10(13)11(9)12(2)3/h4-8H,1-3H3. The molecule has 2 nitrogen and oxygen atoms in total. The van der Waals surface area contributed by atoms with E-state index in [-0.39, 0.29) is 0 Å². The van der Waals surface area contributed by atoms with E-state index in [0.29, 0.717) is 0 Å². The molecule has 0 unspecified atom stereocenters. The third-order valence-electron chi connectivity index (χ3n) is 2.29. The van der Waals surface area contributed by atoms with Crippen LogP contribution in [0.3, 0.4) is 0 Å². The van der Waals surface area contributed by atoms with Crippen LogP contribution in [0.1, 0.15) is 5.56 Å². The fourth-order valence-electron chi connectivity index (χ4n) is 1.82. The fourth-order valence-corrected chi connectivity index (χ4v) is 1.82. The highest BCUT2D eigenvalue weighted by Gasteiger charge is 2.07. The third-order valence-corrected chi connectivity index (χ3v) is 2.29. The van der Waals surface area contributed by atoms with Crippen molar-refractivity contribution in [1.82, 2.24) is 4.40 Å². The predicted octanol–water partition coefficient (Wildman–Crippen LogP) is 2.31. The van der Waals surface area contributed by atoms with Crippen molar-refractivity contribution in [3.05, 3.63) is 36.2 Å². The fraction of sp³-hybridized carbons (Fsp3) is 0.273. The van der Waals surface area contributed by atoms with Gasteiger partial charge in [-0.15, -0.1) is 0 Å². The van der Waals surface area contributed by atoms with Crippen molar-refractivity contribution in [1.29, 1.82) is 0 Å². The molecular weight excluding hydrogens is 160 g/mol. The van der Waals surface area contributed by atoms with E-state index in [9.17, 15) is 0 Å². The first-order chi connectivity index (χ1) is 6.20. The summed E-state index contributed by atoms with van der Waals surface area (Å²) in [6, 6.07) is 6.26. The predicted molar refractivity (Wildman–Crippen MR) is 56.5 cm³/mol. The number of rotatable bonds is 1. The van der Waals surface area contributed by atoms with Crippen molar-refractivity contribution in [2.24, 2.45) is 0 Å². The van der Waals surface area contributed by atoms with E-state index in [1.54, 1.807) is 0 Å². The van der Waals surface area contributed by atoms with Crippen LogP contribution in [0.2, 0.25) is 0 Å². The average Bonchev–Trinajstić information content (AvgIpc) is 2.39. The zero-order valence-corrected chi connectivity index (χ0v) is 8.28. The SMILES string of the molecule is Cc1cn2ccccc2c1N(C)C. The minimum atomic E-state index is 1.27. The first-order valence-corrected chi connectivity index (χ1v) is 4.44. The highest BCUT2D eigenvalue weighted by atomic mass is 15.1. The molecule has 0 atom stereocenters. The Balaban J connectivity index is 2.78. The van der Waals surface area contributed by atoms with Crippen LogP contribution in [-0.2, 0) is 0 Å². The summed E-state index contributed by atoms with van der Waals surface area (Å²) in [5.41, 5.74) is 3.89. The Morgan fingerprint density at radius 2 is 2.00 bits per heavy atom. The maximum absolute atomic E-state index is 2.16. The lowest BCUT2D eigenvalue weighted by atomic mass is 10.2. The molecule has 0 aliphatic rings. The number of aryl methyl sites for hydroxylation is 1. The maximum Gasteiger partial charge on any atom is 0.0688 e. The number of aromatic nitrogens is 1. The molecule has 2 heteroatoms. The van der Waals surface area contributed by atoms with Crippen LogP contribution in [0, 0.1) is 6.92 Å². The van der Waals surface area contributed by atoms with Crippen LogP contribution >= 0.6 is 0 Å². The van der Waals surface area contributed by atoms with Crippen LogP contribution < -0.4 is 4.90 Å². The number of hydrogen-bond donors (Lipinski definition) is 0. The summed E-state index contributed by atoms with van der Waals surface area (Å²) < 4.78 is 2.16. The summed E-state index contributed by atoms with van der Waals surface area (Å²) in [6.45, 7) is 2.14. The van der Waals surface area contributed by atoms with E-state index in [4.69, 9.17) is 0 Å². The van der Waals surface area contributed by atoms with Gasteiger partial charge in [-0.2, -0.15) is 0 Å². The van der Waals surface area contributed by atoms with Crippen molar-refractivity contribution in [2.75, 3.05) is 19.0 Å². The molecule has 2 aromatic rings. The lowest BCUT2D eigenvalue weighted by Crippen LogP contribution is -2.09. The number of anilines is 1. The van der Waals surface area contributed by atoms with Gasteiger partial charge < -0.3 is 9.30 Å². The van der Waals surface area contributed by atoms with Crippen LogP contribution in [0.4, 0.5) is 5.69 Å². The molecular formula is C11H14N2. The Morgan fingerprint density at radius 1 is 1.23 bits per heavy atom. The first-order valence-electron chi connectivity index (χ1n) is 4.44. The zero-order valence-electron chi connectivity index (χ0n) is 8.28. The lowest BCUT2D eigenvalue weighted by Gasteiger charge is -2.12. The van der Waals surface area contributed by atoms with Gasteiger partial charge in [0.2, 0.25) is 0 Å². The summed E-state index contributed by atoms with van der Waals surface area (Å²) >= 11 is 0. The molecule has 2 rings (SSSR count). The largest absolute Gasteiger partial charge is 0.376 e. The Hall–Kier alpha value is -1.44. The van der Waals surface area contributed by atoms with E-state index in [1.165, 1.54) is 16.8 Å². The van der Waals surface area contributed by atoms with Gasteiger partial charge in [-0.05, 0) is 24.6 Å². The molecule has 0 saturated heterocycles. The van der Waals surface area contributed by atoms with Crippen LogP contribution in [0.15, 0.2) is 30.6 Å². The Morgan fingerprint density at radius 3 is 2.69 bits per heavy atom. The van der Waals surface area contributed by atoms with Gasteiger partial charge >= 0.3 is 0 Å². The molecule has 0 N–H and O–H groups in total. The summed E-state index contributed by atoms with van der Waals surface area (Å²) in [5, 5.41) is 0. The molecule has 13 heavy (non-hydrogen) atoms. The number of pyridine rings is 1. The van der Waals surface area contributed by atoms with Crippen molar-refractivity contribution in [2.45, 2.75) is 6.92 Å². The molecule has 0 bridgehead atoms. The van der Waals surface area contributed by atoms with E-state index in [1.807, 2.05) is 6.07 Å². The molecule has 0 aromatic carbocycles. The number of hydrogen-bond acceptors (Lipinski definition) is 1. The van der Waals surface area contributed by atoms with Gasteiger partial charge in [0.15, 0.2) is 0 Å². The lowest BCUT2D eigenvalue weighted by molar-refractivity contribution is 1.13. The third kappa shape index (κ3) is 1.18. The molecule has 0 aliphatic carbocycles. The summed E-state index contributed by atoms with van der Waals surface area (Å²) in [7, 11) is 4.16. The second-order valence-corrected chi connectivity index (χ2v) is 3.55. The van der Waals surface area contributed by atoms with E-state index in [2.05, 4.69) is 54.8 Å². The van der Waals surface area contributed by atoms with Crippen LogP contribution in [0.5, 0.6) is 0 Å². The Labute approximate surface area is 78.4 Å². The van der Waals surface area contributed by atoms with E-state index in [0.717, 1.165) is 0 Å². The molecule has 0 aliphatic heterocycles. The Kier molecular flexibility index (Phi) is 1.76. The quantitative estimate of drug-likeness (QED) is 0.643. The minimum absolute atomic E-state index is 1.27. The normalized spacial score (nSPS) is 10.7. The summed E-state index contributed by atoms with van der Waals surface area (Å²) in [4.78, 5) is 2.16. The second-order valence-electron chi connectivity index (χ2n) is 3.55. The Bertz CT molecular complexity index is 427. The number of nitrogens with zero attached hydrogens (tertiary/aromatic N) is 2. The van der Waals surface area contributed by atoms with Gasteiger partial charge in [-0.1, -0.05) is 6.07 Å². The van der Waals surface area contributed by atoms with Crippen LogP contribution in [0.25, 0.3) is 5.52 Å².